The number of hydrogen-bond acceptors (Lipinski definition) is 5. The highest BCUT2D eigenvalue weighted by atomic mass is 32.2. The average Bonchev–Trinajstić information content (AvgIpc) is 3.06. The van der Waals surface area contributed by atoms with E-state index in [0.29, 0.717) is 17.5 Å². The summed E-state index contributed by atoms with van der Waals surface area (Å²) < 4.78 is 29.4. The Morgan fingerprint density at radius 2 is 1.91 bits per heavy atom. The number of carbonyl (C=O) groups is 1. The summed E-state index contributed by atoms with van der Waals surface area (Å²) in [5.74, 6) is -0.159. The molecule has 0 aliphatic rings. The van der Waals surface area contributed by atoms with Crippen LogP contribution in [0.25, 0.3) is 11.0 Å². The van der Waals surface area contributed by atoms with Crippen LogP contribution in [0.15, 0.2) is 47.4 Å². The summed E-state index contributed by atoms with van der Waals surface area (Å²) in [6.45, 7) is 2.13. The summed E-state index contributed by atoms with van der Waals surface area (Å²) in [4.78, 5) is 15.5. The number of imidazole rings is 1. The van der Waals surface area contributed by atoms with E-state index in [1.54, 1.807) is 37.3 Å². The van der Waals surface area contributed by atoms with E-state index < -0.39 is 16.0 Å². The fourth-order valence-corrected chi connectivity index (χ4v) is 5.04. The first-order valence-corrected chi connectivity index (χ1v) is 11.7. The number of nitrogens with zero attached hydrogens (tertiary/aromatic N) is 3. The smallest absolute Gasteiger partial charge is 0.303 e. The number of carboxylic acids is 1. The van der Waals surface area contributed by atoms with E-state index >= 15 is 0 Å². The number of rotatable bonds is 10. The second-order valence-corrected chi connectivity index (χ2v) is 9.46. The quantitative estimate of drug-likeness (QED) is 0.315. The molecule has 0 aliphatic carbocycles. The minimum absolute atomic E-state index is 0.0112. The van der Waals surface area contributed by atoms with Crippen LogP contribution in [-0.2, 0) is 28.3 Å². The van der Waals surface area contributed by atoms with Gasteiger partial charge in [-0.15, -0.1) is 0 Å². The predicted molar refractivity (Wildman–Crippen MR) is 122 cm³/mol. The van der Waals surface area contributed by atoms with E-state index in [-0.39, 0.29) is 36.7 Å². The Balaban J connectivity index is 1.87. The maximum Gasteiger partial charge on any atom is 0.303 e. The van der Waals surface area contributed by atoms with Gasteiger partial charge in [-0.1, -0.05) is 31.2 Å². The number of aromatic nitrogens is 2. The lowest BCUT2D eigenvalue weighted by Crippen LogP contribution is -2.32. The third-order valence-electron chi connectivity index (χ3n) is 5.36. The Morgan fingerprint density at radius 1 is 1.22 bits per heavy atom. The van der Waals surface area contributed by atoms with Crippen LogP contribution < -0.4 is 5.73 Å². The highest BCUT2D eigenvalue weighted by Crippen LogP contribution is 2.23. The molecule has 0 saturated carbocycles. The van der Waals surface area contributed by atoms with Crippen molar-refractivity contribution in [3.63, 3.8) is 0 Å². The lowest BCUT2D eigenvalue weighted by molar-refractivity contribution is -0.137. The molecule has 4 N–H and O–H groups in total. The van der Waals surface area contributed by atoms with Crippen LogP contribution in [0.2, 0.25) is 0 Å². The maximum absolute atomic E-state index is 13.1. The van der Waals surface area contributed by atoms with Crippen LogP contribution >= 0.6 is 0 Å². The molecule has 170 valence electrons. The van der Waals surface area contributed by atoms with Crippen molar-refractivity contribution in [3.8, 4) is 0 Å². The van der Waals surface area contributed by atoms with Gasteiger partial charge in [0, 0.05) is 38.5 Å². The lowest BCUT2D eigenvalue weighted by atomic mass is 10.1. The van der Waals surface area contributed by atoms with Crippen molar-refractivity contribution in [1.29, 1.82) is 5.41 Å². The highest BCUT2D eigenvalue weighted by Gasteiger charge is 2.24. The van der Waals surface area contributed by atoms with Gasteiger partial charge in [-0.25, -0.2) is 13.4 Å². The van der Waals surface area contributed by atoms with Crippen molar-refractivity contribution < 1.29 is 18.3 Å². The Kier molecular flexibility index (Phi) is 6.95. The number of sulfonamides is 1. The Morgan fingerprint density at radius 3 is 2.50 bits per heavy atom. The van der Waals surface area contributed by atoms with E-state index in [9.17, 15) is 13.2 Å². The standard InChI is InChI=1S/C22H27N5O4S/c1-3-27(12-4-5-21(28)29)32(30,31)17-10-11-19-18(14-17)25-20(26(19)2)13-15-6-8-16(9-7-15)22(23)24/h6-11,14H,3-5,12-13H2,1-2H3,(H3,23,24)(H,28,29). The molecular formula is C22H27N5O4S. The van der Waals surface area contributed by atoms with Crippen LogP contribution in [0.3, 0.4) is 0 Å². The second kappa shape index (κ2) is 9.49. The predicted octanol–water partition coefficient (Wildman–Crippen LogP) is 2.32. The molecule has 1 aromatic heterocycles. The number of fused-ring (bicyclic) bond motifs is 1. The number of benzene rings is 2. The fourth-order valence-electron chi connectivity index (χ4n) is 3.54. The van der Waals surface area contributed by atoms with Gasteiger partial charge in [0.2, 0.25) is 10.0 Å². The van der Waals surface area contributed by atoms with E-state index in [4.69, 9.17) is 16.2 Å². The van der Waals surface area contributed by atoms with Crippen molar-refractivity contribution in [2.75, 3.05) is 13.1 Å². The van der Waals surface area contributed by atoms with E-state index in [2.05, 4.69) is 4.98 Å². The fraction of sp³-hybridized carbons (Fsp3) is 0.318. The van der Waals surface area contributed by atoms with E-state index in [1.165, 1.54) is 4.31 Å². The molecule has 0 spiro atoms. The summed E-state index contributed by atoms with van der Waals surface area (Å²) in [7, 11) is -1.87. The third kappa shape index (κ3) is 4.97. The zero-order valence-corrected chi connectivity index (χ0v) is 18.9. The van der Waals surface area contributed by atoms with Gasteiger partial charge >= 0.3 is 5.97 Å². The van der Waals surface area contributed by atoms with Gasteiger partial charge in [0.05, 0.1) is 15.9 Å². The molecule has 0 unspecified atom stereocenters. The van der Waals surface area contributed by atoms with Crippen molar-refractivity contribution in [2.45, 2.75) is 31.1 Å². The van der Waals surface area contributed by atoms with Gasteiger partial charge in [-0.05, 0) is 30.2 Å². The van der Waals surface area contributed by atoms with E-state index in [0.717, 1.165) is 16.9 Å². The molecule has 0 radical (unpaired) electrons. The number of amidine groups is 1. The molecule has 10 heteroatoms. The van der Waals surface area contributed by atoms with Crippen LogP contribution in [0.5, 0.6) is 0 Å². The maximum atomic E-state index is 13.1. The van der Waals surface area contributed by atoms with Gasteiger partial charge in [-0.3, -0.25) is 10.2 Å². The number of nitrogens with one attached hydrogen (secondary N) is 1. The monoisotopic (exact) mass is 457 g/mol. The zero-order valence-electron chi connectivity index (χ0n) is 18.1. The SMILES string of the molecule is CCN(CCCC(=O)O)S(=O)(=O)c1ccc2c(c1)nc(Cc1ccc(C(=N)N)cc1)n2C. The lowest BCUT2D eigenvalue weighted by Gasteiger charge is -2.20. The molecule has 2 aromatic carbocycles. The molecule has 0 atom stereocenters. The number of nitrogens with two attached hydrogens (primary N) is 1. The van der Waals surface area contributed by atoms with Crippen LogP contribution in [0.1, 0.15) is 36.7 Å². The summed E-state index contributed by atoms with van der Waals surface area (Å²) >= 11 is 0. The Labute approximate surface area is 187 Å². The molecule has 1 heterocycles. The Hall–Kier alpha value is -3.24. The van der Waals surface area contributed by atoms with Gasteiger partial charge < -0.3 is 15.4 Å². The molecule has 0 fully saturated rings. The molecule has 32 heavy (non-hydrogen) atoms. The van der Waals surface area contributed by atoms with Gasteiger partial charge in [-0.2, -0.15) is 4.31 Å². The van der Waals surface area contributed by atoms with Crippen molar-refractivity contribution in [3.05, 3.63) is 59.4 Å². The molecule has 0 bridgehead atoms. The Bertz CT molecular complexity index is 1250. The summed E-state index contributed by atoms with van der Waals surface area (Å²) in [6.07, 6.45) is 0.713. The number of hydrogen-bond donors (Lipinski definition) is 3. The second-order valence-electron chi connectivity index (χ2n) is 7.52. The zero-order chi connectivity index (χ0) is 23.5. The van der Waals surface area contributed by atoms with Gasteiger partial charge in [0.1, 0.15) is 11.7 Å². The molecule has 3 aromatic rings. The number of aryl methyl sites for hydroxylation is 1. The van der Waals surface area contributed by atoms with Gasteiger partial charge in [0.15, 0.2) is 0 Å². The number of carboxylic acid groups (broad SMARTS) is 1. The van der Waals surface area contributed by atoms with E-state index in [1.807, 2.05) is 23.7 Å². The molecule has 0 amide bonds. The van der Waals surface area contributed by atoms with Crippen LogP contribution in [0, 0.1) is 5.41 Å². The first-order chi connectivity index (χ1) is 15.1. The highest BCUT2D eigenvalue weighted by molar-refractivity contribution is 7.89. The van der Waals surface area contributed by atoms with Crippen molar-refractivity contribution in [1.82, 2.24) is 13.9 Å². The van der Waals surface area contributed by atoms with Crippen LogP contribution in [0.4, 0.5) is 0 Å². The van der Waals surface area contributed by atoms with Gasteiger partial charge in [0.25, 0.3) is 0 Å². The molecule has 0 saturated heterocycles. The molecule has 0 aliphatic heterocycles. The van der Waals surface area contributed by atoms with Crippen molar-refractivity contribution in [2.24, 2.45) is 12.8 Å². The third-order valence-corrected chi connectivity index (χ3v) is 7.33. The molecule has 3 rings (SSSR count). The molecular weight excluding hydrogens is 430 g/mol. The molecule has 9 nitrogen and oxygen atoms in total. The normalized spacial score (nSPS) is 11.8. The minimum Gasteiger partial charge on any atom is -0.481 e. The minimum atomic E-state index is -3.76. The largest absolute Gasteiger partial charge is 0.481 e. The number of aliphatic carboxylic acids is 1. The first kappa shape index (κ1) is 23.4. The van der Waals surface area contributed by atoms with Crippen molar-refractivity contribution >= 4 is 32.9 Å². The van der Waals surface area contributed by atoms with Crippen LogP contribution in [-0.4, -0.2) is 52.3 Å². The summed E-state index contributed by atoms with van der Waals surface area (Å²) in [6, 6.07) is 12.2. The summed E-state index contributed by atoms with van der Waals surface area (Å²) in [5, 5.41) is 16.3. The topological polar surface area (TPSA) is 142 Å². The first-order valence-electron chi connectivity index (χ1n) is 10.2. The summed E-state index contributed by atoms with van der Waals surface area (Å²) in [5.41, 5.74) is 8.54. The number of nitrogen functional groups attached to an aromatic ring is 1. The average molecular weight is 458 g/mol.